The third kappa shape index (κ3) is 4.57. The molecule has 24 heavy (non-hydrogen) atoms. The van der Waals surface area contributed by atoms with Crippen LogP contribution in [0.15, 0.2) is 64.9 Å². The van der Waals surface area contributed by atoms with Crippen molar-refractivity contribution in [2.75, 3.05) is 4.72 Å². The summed E-state index contributed by atoms with van der Waals surface area (Å²) in [7, 11) is -8.07. The lowest BCUT2D eigenvalue weighted by Gasteiger charge is -2.13. The first-order valence-electron chi connectivity index (χ1n) is 6.66. The first kappa shape index (κ1) is 18.5. The quantitative estimate of drug-likeness (QED) is 0.795. The van der Waals surface area contributed by atoms with E-state index in [9.17, 15) is 16.8 Å². The molecule has 0 fully saturated rings. The van der Waals surface area contributed by atoms with Crippen LogP contribution in [0.5, 0.6) is 0 Å². The Labute approximate surface area is 146 Å². The van der Waals surface area contributed by atoms with Gasteiger partial charge in [0.05, 0.1) is 10.6 Å². The van der Waals surface area contributed by atoms with Crippen LogP contribution in [0.4, 0.5) is 5.69 Å². The van der Waals surface area contributed by atoms with Crippen LogP contribution in [0.25, 0.3) is 0 Å². The summed E-state index contributed by atoms with van der Waals surface area (Å²) >= 11 is 5.78. The average Bonchev–Trinajstić information content (AvgIpc) is 2.48. The van der Waals surface area contributed by atoms with Gasteiger partial charge in [-0.3, -0.25) is 4.72 Å². The molecule has 2 aromatic rings. The van der Waals surface area contributed by atoms with Crippen LogP contribution in [-0.2, 0) is 26.5 Å². The smallest absolute Gasteiger partial charge is 0.257 e. The number of anilines is 1. The molecule has 0 saturated carbocycles. The van der Waals surface area contributed by atoms with Gasteiger partial charge in [0.2, 0.25) is 10.0 Å². The molecule has 0 heterocycles. The maximum absolute atomic E-state index is 12.4. The predicted molar refractivity (Wildman–Crippen MR) is 94.7 cm³/mol. The summed E-state index contributed by atoms with van der Waals surface area (Å²) in [5.41, 5.74) is 0.576. The number of para-hydroxylation sites is 1. The topological polar surface area (TPSA) is 106 Å². The van der Waals surface area contributed by atoms with Crippen LogP contribution in [0.2, 0.25) is 5.02 Å². The molecule has 0 aromatic heterocycles. The fraction of sp³-hybridized carbons (Fsp3) is 0.0667. The molecule has 0 unspecified atom stereocenters. The Morgan fingerprint density at radius 2 is 1.62 bits per heavy atom. The van der Waals surface area contributed by atoms with E-state index in [-0.39, 0.29) is 21.9 Å². The van der Waals surface area contributed by atoms with E-state index in [4.69, 9.17) is 16.7 Å². The van der Waals surface area contributed by atoms with Crippen LogP contribution >= 0.6 is 11.6 Å². The predicted octanol–water partition coefficient (Wildman–Crippen LogP) is 2.49. The Morgan fingerprint density at radius 1 is 1.04 bits per heavy atom. The van der Waals surface area contributed by atoms with Gasteiger partial charge < -0.3 is 0 Å². The lowest BCUT2D eigenvalue weighted by Crippen LogP contribution is -2.20. The van der Waals surface area contributed by atoms with E-state index >= 15 is 0 Å². The molecule has 0 saturated heterocycles. The van der Waals surface area contributed by atoms with Gasteiger partial charge in [-0.1, -0.05) is 42.4 Å². The van der Waals surface area contributed by atoms with E-state index in [0.717, 1.165) is 0 Å². The number of halogens is 1. The maximum Gasteiger partial charge on any atom is 0.257 e. The molecule has 0 amide bonds. The number of nitrogens with two attached hydrogens (primary N) is 1. The van der Waals surface area contributed by atoms with Crippen molar-refractivity contribution in [1.82, 2.24) is 0 Å². The highest BCUT2D eigenvalue weighted by Crippen LogP contribution is 2.23. The Balaban J connectivity index is 2.26. The summed E-state index contributed by atoms with van der Waals surface area (Å²) in [6.07, 6.45) is 0.0596. The molecule has 2 rings (SSSR count). The van der Waals surface area contributed by atoms with Crippen molar-refractivity contribution in [1.29, 1.82) is 0 Å². The number of nitrogens with one attached hydrogen (secondary N) is 1. The molecular weight excluding hydrogens is 372 g/mol. The van der Waals surface area contributed by atoms with Gasteiger partial charge in [-0.25, -0.2) is 22.0 Å². The van der Waals surface area contributed by atoms with Crippen molar-refractivity contribution in [3.05, 3.63) is 70.6 Å². The zero-order valence-corrected chi connectivity index (χ0v) is 14.8. The summed E-state index contributed by atoms with van der Waals surface area (Å²) < 4.78 is 50.0. The van der Waals surface area contributed by atoms with Crippen molar-refractivity contribution >= 4 is 37.3 Å². The van der Waals surface area contributed by atoms with E-state index in [2.05, 4.69) is 11.3 Å². The van der Waals surface area contributed by atoms with Gasteiger partial charge in [-0.05, 0) is 29.8 Å². The third-order valence-corrected chi connectivity index (χ3v) is 5.75. The minimum atomic E-state index is -4.07. The van der Waals surface area contributed by atoms with Crippen LogP contribution in [0, 0.1) is 0 Å². The number of benzene rings is 2. The van der Waals surface area contributed by atoms with Crippen molar-refractivity contribution in [3.8, 4) is 0 Å². The van der Waals surface area contributed by atoms with Crippen molar-refractivity contribution in [3.63, 3.8) is 0 Å². The van der Waals surface area contributed by atoms with Gasteiger partial charge in [-0.2, -0.15) is 0 Å². The molecule has 6 nitrogen and oxygen atoms in total. The molecule has 0 spiro atoms. The minimum Gasteiger partial charge on any atom is -0.279 e. The number of hydrogen-bond donors (Lipinski definition) is 2. The number of rotatable bonds is 6. The van der Waals surface area contributed by atoms with Crippen molar-refractivity contribution in [2.24, 2.45) is 5.14 Å². The first-order chi connectivity index (χ1) is 11.1. The zero-order valence-electron chi connectivity index (χ0n) is 12.4. The first-order valence-corrected chi connectivity index (χ1v) is 10.1. The van der Waals surface area contributed by atoms with Gasteiger partial charge in [0.15, 0.2) is 0 Å². The SMILES string of the molecule is C=C(Cc1ccc(Cl)cc1)S(=O)(=O)Nc1ccccc1S(N)(=O)=O. The summed E-state index contributed by atoms with van der Waals surface area (Å²) in [5, 5.41) is 5.63. The Bertz CT molecular complexity index is 969. The van der Waals surface area contributed by atoms with Crippen molar-refractivity contribution in [2.45, 2.75) is 11.3 Å². The number of hydrogen-bond acceptors (Lipinski definition) is 4. The van der Waals surface area contributed by atoms with Crippen LogP contribution in [0.3, 0.4) is 0 Å². The summed E-state index contributed by atoms with van der Waals surface area (Å²) in [4.78, 5) is -0.429. The van der Waals surface area contributed by atoms with E-state index in [1.807, 2.05) is 0 Å². The summed E-state index contributed by atoms with van der Waals surface area (Å²) in [6, 6.07) is 12.1. The molecule has 0 atom stereocenters. The average molecular weight is 387 g/mol. The number of primary sulfonamides is 1. The highest BCUT2D eigenvalue weighted by Gasteiger charge is 2.20. The van der Waals surface area contributed by atoms with Crippen LogP contribution in [0.1, 0.15) is 5.56 Å². The third-order valence-electron chi connectivity index (χ3n) is 3.13. The summed E-state index contributed by atoms with van der Waals surface area (Å²) in [6.45, 7) is 3.57. The van der Waals surface area contributed by atoms with Gasteiger partial charge in [-0.15, -0.1) is 0 Å². The second-order valence-corrected chi connectivity index (χ2v) is 8.74. The normalized spacial score (nSPS) is 11.9. The molecule has 0 bridgehead atoms. The van der Waals surface area contributed by atoms with Gasteiger partial charge in [0.25, 0.3) is 10.0 Å². The zero-order chi connectivity index (χ0) is 18.0. The second kappa shape index (κ2) is 6.94. The Morgan fingerprint density at radius 3 is 2.21 bits per heavy atom. The van der Waals surface area contributed by atoms with E-state index in [1.54, 1.807) is 24.3 Å². The monoisotopic (exact) mass is 386 g/mol. The van der Waals surface area contributed by atoms with E-state index < -0.39 is 20.0 Å². The van der Waals surface area contributed by atoms with Crippen LogP contribution in [-0.4, -0.2) is 16.8 Å². The fourth-order valence-corrected chi connectivity index (χ4v) is 3.79. The molecule has 0 aliphatic rings. The van der Waals surface area contributed by atoms with Gasteiger partial charge in [0.1, 0.15) is 4.90 Å². The van der Waals surface area contributed by atoms with Crippen LogP contribution < -0.4 is 9.86 Å². The number of sulfonamides is 2. The number of allylic oxidation sites excluding steroid dienone is 1. The largest absolute Gasteiger partial charge is 0.279 e. The molecule has 3 N–H and O–H groups in total. The molecule has 9 heteroatoms. The second-order valence-electron chi connectivity index (χ2n) is 4.99. The van der Waals surface area contributed by atoms with Gasteiger partial charge >= 0.3 is 0 Å². The summed E-state index contributed by atoms with van der Waals surface area (Å²) in [5.74, 6) is 0. The molecule has 0 aliphatic carbocycles. The minimum absolute atomic E-state index is 0.0596. The molecule has 128 valence electrons. The highest BCUT2D eigenvalue weighted by atomic mass is 35.5. The van der Waals surface area contributed by atoms with E-state index in [0.29, 0.717) is 10.6 Å². The molecule has 2 aromatic carbocycles. The molecule has 0 radical (unpaired) electrons. The lowest BCUT2D eigenvalue weighted by molar-refractivity contribution is 0.598. The highest BCUT2D eigenvalue weighted by molar-refractivity contribution is 7.96. The molecule has 0 aliphatic heterocycles. The molecular formula is C15H15ClN2O4S2. The maximum atomic E-state index is 12.4. The van der Waals surface area contributed by atoms with Crippen molar-refractivity contribution < 1.29 is 16.8 Å². The Hall–Kier alpha value is -1.87. The lowest BCUT2D eigenvalue weighted by atomic mass is 10.1. The standard InChI is InChI=1S/C15H15ClN2O4S2/c1-11(10-12-6-8-13(16)9-7-12)24(21,22)18-14-4-2-3-5-15(14)23(17,19)20/h2-9,18H,1,10H2,(H2,17,19,20). The Kier molecular flexibility index (Phi) is 5.34. The van der Waals surface area contributed by atoms with E-state index in [1.165, 1.54) is 24.3 Å². The van der Waals surface area contributed by atoms with Gasteiger partial charge in [0, 0.05) is 11.4 Å². The fourth-order valence-electron chi connectivity index (χ4n) is 1.94.